The van der Waals surface area contributed by atoms with E-state index in [0.29, 0.717) is 17.2 Å². The number of hydrogen-bond donors (Lipinski definition) is 3. The van der Waals surface area contributed by atoms with Crippen LogP contribution in [0, 0.1) is 41.5 Å². The van der Waals surface area contributed by atoms with Crippen LogP contribution in [0.5, 0.6) is 17.2 Å². The van der Waals surface area contributed by atoms with Gasteiger partial charge in [-0.3, -0.25) is 0 Å². The Morgan fingerprint density at radius 3 is 1.07 bits per heavy atom. The van der Waals surface area contributed by atoms with Crippen molar-refractivity contribution >= 4 is 0 Å². The molecule has 0 atom stereocenters. The van der Waals surface area contributed by atoms with Crippen LogP contribution >= 0.6 is 0 Å². The van der Waals surface area contributed by atoms with E-state index in [1.54, 1.807) is 0 Å². The summed E-state index contributed by atoms with van der Waals surface area (Å²) in [5.41, 5.74) is 12.0. The number of phenols is 3. The lowest BCUT2D eigenvalue weighted by Gasteiger charge is -2.35. The molecule has 3 N–H and O–H groups in total. The fourth-order valence-electron chi connectivity index (χ4n) is 6.17. The van der Waals surface area contributed by atoms with Crippen molar-refractivity contribution in [1.82, 2.24) is 0 Å². The average molecular weight is 529 g/mol. The Kier molecular flexibility index (Phi) is 6.93. The van der Waals surface area contributed by atoms with Crippen LogP contribution in [0.1, 0.15) is 55.6 Å². The molecule has 0 aliphatic heterocycles. The third kappa shape index (κ3) is 4.23. The van der Waals surface area contributed by atoms with Gasteiger partial charge in [0.25, 0.3) is 0 Å². The lowest BCUT2D eigenvalue weighted by molar-refractivity contribution is 0.465. The number of phenolic OH excluding ortho intramolecular Hbond substituents is 3. The topological polar surface area (TPSA) is 60.7 Å². The van der Waals surface area contributed by atoms with Crippen LogP contribution in [0.25, 0.3) is 11.1 Å². The molecular formula is C37H36O3. The predicted octanol–water partition coefficient (Wildman–Crippen LogP) is 8.70. The molecule has 0 spiro atoms. The zero-order chi connectivity index (χ0) is 28.8. The molecule has 0 amide bonds. The summed E-state index contributed by atoms with van der Waals surface area (Å²) in [4.78, 5) is 0. The molecule has 0 aromatic heterocycles. The van der Waals surface area contributed by atoms with Gasteiger partial charge in [0.05, 0.1) is 5.41 Å². The third-order valence-electron chi connectivity index (χ3n) is 8.24. The fraction of sp³-hybridized carbons (Fsp3) is 0.189. The highest BCUT2D eigenvalue weighted by atomic mass is 16.3. The molecule has 0 saturated heterocycles. The summed E-state index contributed by atoms with van der Waals surface area (Å²) in [5.74, 6) is 1.10. The molecule has 0 fully saturated rings. The molecule has 0 saturated carbocycles. The van der Waals surface area contributed by atoms with Crippen LogP contribution in [0.2, 0.25) is 0 Å². The maximum Gasteiger partial charge on any atom is 0.121 e. The van der Waals surface area contributed by atoms with E-state index in [2.05, 4.69) is 72.8 Å². The summed E-state index contributed by atoms with van der Waals surface area (Å²) in [6.07, 6.45) is 0. The second kappa shape index (κ2) is 10.2. The van der Waals surface area contributed by atoms with E-state index in [1.807, 2.05) is 59.7 Å². The minimum Gasteiger partial charge on any atom is -0.507 e. The smallest absolute Gasteiger partial charge is 0.121 e. The lowest BCUT2D eigenvalue weighted by Crippen LogP contribution is -2.29. The van der Waals surface area contributed by atoms with Crippen molar-refractivity contribution < 1.29 is 15.3 Å². The van der Waals surface area contributed by atoms with E-state index in [0.717, 1.165) is 44.5 Å². The van der Waals surface area contributed by atoms with Crippen LogP contribution in [-0.4, -0.2) is 15.3 Å². The lowest BCUT2D eigenvalue weighted by atomic mass is 9.66. The summed E-state index contributed by atoms with van der Waals surface area (Å²) >= 11 is 0. The number of para-hydroxylation sites is 1. The molecule has 0 radical (unpaired) electrons. The maximum absolute atomic E-state index is 10.5. The second-order valence-corrected chi connectivity index (χ2v) is 11.0. The molecule has 40 heavy (non-hydrogen) atoms. The number of hydrogen-bond acceptors (Lipinski definition) is 3. The first-order valence-corrected chi connectivity index (χ1v) is 13.6. The van der Waals surface area contributed by atoms with E-state index in [9.17, 15) is 15.3 Å². The zero-order valence-electron chi connectivity index (χ0n) is 24.0. The number of benzene rings is 5. The van der Waals surface area contributed by atoms with Crippen LogP contribution in [0.4, 0.5) is 0 Å². The highest BCUT2D eigenvalue weighted by Crippen LogP contribution is 2.57. The van der Waals surface area contributed by atoms with Gasteiger partial charge < -0.3 is 15.3 Å². The van der Waals surface area contributed by atoms with Crippen LogP contribution < -0.4 is 0 Å². The van der Waals surface area contributed by atoms with Crippen molar-refractivity contribution in [2.45, 2.75) is 47.0 Å². The monoisotopic (exact) mass is 528 g/mol. The molecule has 3 heteroatoms. The summed E-state index contributed by atoms with van der Waals surface area (Å²) in [7, 11) is 0. The molecule has 202 valence electrons. The highest BCUT2D eigenvalue weighted by Gasteiger charge is 2.46. The van der Waals surface area contributed by atoms with Crippen molar-refractivity contribution in [3.8, 4) is 28.4 Å². The molecule has 1 aliphatic carbocycles. The Bertz CT molecular complexity index is 1570. The minimum atomic E-state index is -0.528. The number of fused-ring (bicyclic) bond motifs is 3. The molecule has 5 aromatic carbocycles. The third-order valence-corrected chi connectivity index (χ3v) is 8.24. The van der Waals surface area contributed by atoms with Crippen molar-refractivity contribution in [2.75, 3.05) is 0 Å². The van der Waals surface area contributed by atoms with Gasteiger partial charge in [0.2, 0.25) is 0 Å². The Hall–Kier alpha value is -4.50. The van der Waals surface area contributed by atoms with Gasteiger partial charge in [0.1, 0.15) is 17.2 Å². The molecule has 0 heterocycles. The van der Waals surface area contributed by atoms with Gasteiger partial charge in [-0.05, 0) is 108 Å². The molecule has 6 rings (SSSR count). The zero-order valence-corrected chi connectivity index (χ0v) is 24.0. The van der Waals surface area contributed by atoms with Gasteiger partial charge in [-0.15, -0.1) is 0 Å². The molecule has 5 aromatic rings. The van der Waals surface area contributed by atoms with Crippen molar-refractivity contribution in [3.63, 3.8) is 0 Å². The van der Waals surface area contributed by atoms with E-state index in [4.69, 9.17) is 0 Å². The SMILES string of the molecule is Cc1cc(C2(c3cc(C)c(O)c(C)c3)c3ccccc3-c3ccccc32)cc(C)c1O.Cc1cccc(C)c1O. The normalized spacial score (nSPS) is 12.8. The van der Waals surface area contributed by atoms with E-state index >= 15 is 0 Å². The summed E-state index contributed by atoms with van der Waals surface area (Å²) in [5, 5.41) is 30.2. The molecule has 1 aliphatic rings. The molecule has 3 nitrogen and oxygen atoms in total. The first-order chi connectivity index (χ1) is 19.1. The fourth-order valence-corrected chi connectivity index (χ4v) is 6.17. The number of aryl methyl sites for hydroxylation is 6. The van der Waals surface area contributed by atoms with Gasteiger partial charge in [-0.25, -0.2) is 0 Å². The highest BCUT2D eigenvalue weighted by molar-refractivity contribution is 5.86. The Balaban J connectivity index is 0.000000306. The van der Waals surface area contributed by atoms with Gasteiger partial charge >= 0.3 is 0 Å². The average Bonchev–Trinajstić information content (AvgIpc) is 3.24. The maximum atomic E-state index is 10.5. The quantitative estimate of drug-likeness (QED) is 0.211. The van der Waals surface area contributed by atoms with E-state index in [-0.39, 0.29) is 0 Å². The van der Waals surface area contributed by atoms with Gasteiger partial charge in [-0.2, -0.15) is 0 Å². The Morgan fingerprint density at radius 1 is 0.400 bits per heavy atom. The summed E-state index contributed by atoms with van der Waals surface area (Å²) < 4.78 is 0. The molecular weight excluding hydrogens is 492 g/mol. The number of aromatic hydroxyl groups is 3. The van der Waals surface area contributed by atoms with Crippen molar-refractivity contribution in [3.05, 3.63) is 147 Å². The summed E-state index contributed by atoms with van der Waals surface area (Å²) in [6.45, 7) is 11.6. The van der Waals surface area contributed by atoms with Crippen molar-refractivity contribution in [1.29, 1.82) is 0 Å². The van der Waals surface area contributed by atoms with Crippen LogP contribution in [0.3, 0.4) is 0 Å². The Labute approximate surface area is 237 Å². The Morgan fingerprint density at radius 2 is 0.725 bits per heavy atom. The van der Waals surface area contributed by atoms with Crippen molar-refractivity contribution in [2.24, 2.45) is 0 Å². The number of rotatable bonds is 2. The van der Waals surface area contributed by atoms with Gasteiger partial charge in [0.15, 0.2) is 0 Å². The second-order valence-electron chi connectivity index (χ2n) is 11.0. The van der Waals surface area contributed by atoms with E-state index in [1.165, 1.54) is 22.3 Å². The van der Waals surface area contributed by atoms with Crippen LogP contribution in [0.15, 0.2) is 91.0 Å². The summed E-state index contributed by atoms with van der Waals surface area (Å²) in [6, 6.07) is 31.3. The predicted molar refractivity (Wildman–Crippen MR) is 164 cm³/mol. The first-order valence-electron chi connectivity index (χ1n) is 13.6. The minimum absolute atomic E-state index is 0.344. The van der Waals surface area contributed by atoms with E-state index < -0.39 is 5.41 Å². The largest absolute Gasteiger partial charge is 0.507 e. The molecule has 0 unspecified atom stereocenters. The van der Waals surface area contributed by atoms with Gasteiger partial charge in [-0.1, -0.05) is 91.0 Å². The van der Waals surface area contributed by atoms with Gasteiger partial charge in [0, 0.05) is 0 Å². The molecule has 0 bridgehead atoms. The standard InChI is InChI=1S/C29H26O2.C8H10O/c1-17-13-21(14-18(2)27(17)30)29(22-15-19(3)28(31)20(4)16-22)25-11-7-5-9-23(25)24-10-6-8-12-26(24)29;1-6-4-3-5-7(2)8(6)9/h5-16,30-31H,1-4H3;3-5,9H,1-2H3. The van der Waals surface area contributed by atoms with Crippen LogP contribution in [-0.2, 0) is 5.41 Å². The first kappa shape index (κ1) is 27.1.